The molecule has 22 heavy (non-hydrogen) atoms. The van der Waals surface area contributed by atoms with E-state index in [4.69, 9.17) is 0 Å². The number of nitrogens with zero attached hydrogens (tertiary/aromatic N) is 1. The van der Waals surface area contributed by atoms with Gasteiger partial charge >= 0.3 is 0 Å². The lowest BCUT2D eigenvalue weighted by Gasteiger charge is -2.43. The first-order chi connectivity index (χ1) is 10.5. The van der Waals surface area contributed by atoms with Gasteiger partial charge in [-0.3, -0.25) is 0 Å². The van der Waals surface area contributed by atoms with Crippen LogP contribution in [0.25, 0.3) is 0 Å². The number of aliphatic hydroxyl groups is 1. The monoisotopic (exact) mass is 301 g/mol. The van der Waals surface area contributed by atoms with Crippen LogP contribution in [-0.4, -0.2) is 29.6 Å². The molecule has 2 aromatic rings. The van der Waals surface area contributed by atoms with Crippen LogP contribution in [0.15, 0.2) is 54.6 Å². The first-order valence-electron chi connectivity index (χ1n) is 7.64. The molecule has 0 aliphatic carbocycles. The average Bonchev–Trinajstić information content (AvgIpc) is 2.53. The predicted molar refractivity (Wildman–Crippen MR) is 88.2 cm³/mol. The summed E-state index contributed by atoms with van der Waals surface area (Å²) in [6.45, 7) is 2.08. The Bertz CT molecular complexity index is 582. The summed E-state index contributed by atoms with van der Waals surface area (Å²) in [4.78, 5) is 2.08. The van der Waals surface area contributed by atoms with Crippen molar-refractivity contribution in [2.24, 2.45) is 0 Å². The van der Waals surface area contributed by atoms with E-state index < -0.39 is 11.6 Å². The smallest absolute Gasteiger partial charge is 0.123 e. The maximum Gasteiger partial charge on any atom is 0.123 e. The second-order valence-corrected chi connectivity index (χ2v) is 5.97. The van der Waals surface area contributed by atoms with Crippen LogP contribution in [0.5, 0.6) is 0 Å². The predicted octanol–water partition coefficient (Wildman–Crippen LogP) is 3.81. The maximum absolute atomic E-state index is 13.1. The molecule has 0 heterocycles. The molecule has 0 radical (unpaired) electrons. The molecule has 3 heteroatoms. The third-order valence-electron chi connectivity index (χ3n) is 4.55. The van der Waals surface area contributed by atoms with Gasteiger partial charge < -0.3 is 10.0 Å². The second kappa shape index (κ2) is 7.03. The quantitative estimate of drug-likeness (QED) is 0.877. The summed E-state index contributed by atoms with van der Waals surface area (Å²) in [5.41, 5.74) is 1.49. The van der Waals surface area contributed by atoms with E-state index in [1.807, 2.05) is 32.3 Å². The Morgan fingerprint density at radius 2 is 1.64 bits per heavy atom. The molecule has 2 rings (SSSR count). The maximum atomic E-state index is 13.1. The molecule has 0 saturated carbocycles. The lowest BCUT2D eigenvalue weighted by atomic mass is 9.79. The van der Waals surface area contributed by atoms with Gasteiger partial charge in [-0.05, 0) is 50.2 Å². The molecule has 2 atom stereocenters. The molecule has 118 valence electrons. The van der Waals surface area contributed by atoms with E-state index in [2.05, 4.69) is 24.0 Å². The van der Waals surface area contributed by atoms with Gasteiger partial charge in [-0.2, -0.15) is 0 Å². The van der Waals surface area contributed by atoms with Gasteiger partial charge in [-0.1, -0.05) is 49.4 Å². The van der Waals surface area contributed by atoms with Crippen molar-refractivity contribution < 1.29 is 9.50 Å². The van der Waals surface area contributed by atoms with Crippen LogP contribution in [0.1, 0.15) is 30.6 Å². The minimum absolute atomic E-state index is 0.286. The van der Waals surface area contributed by atoms with E-state index in [1.54, 1.807) is 12.1 Å². The second-order valence-electron chi connectivity index (χ2n) is 5.97. The summed E-state index contributed by atoms with van der Waals surface area (Å²) >= 11 is 0. The number of halogens is 1. The van der Waals surface area contributed by atoms with Crippen molar-refractivity contribution in [3.05, 3.63) is 71.5 Å². The van der Waals surface area contributed by atoms with Crippen LogP contribution in [0, 0.1) is 5.82 Å². The highest BCUT2D eigenvalue weighted by atomic mass is 19.1. The first kappa shape index (κ1) is 16.7. The van der Waals surface area contributed by atoms with E-state index in [0.29, 0.717) is 0 Å². The molecule has 0 bridgehead atoms. The normalized spacial score (nSPS) is 15.5. The van der Waals surface area contributed by atoms with Gasteiger partial charge in [0.25, 0.3) is 0 Å². The summed E-state index contributed by atoms with van der Waals surface area (Å²) in [6.07, 6.45) is 0.830. The van der Waals surface area contributed by atoms with Gasteiger partial charge in [0.1, 0.15) is 5.82 Å². The minimum Gasteiger partial charge on any atom is -0.386 e. The number of hydrogen-bond donors (Lipinski definition) is 1. The zero-order valence-corrected chi connectivity index (χ0v) is 13.5. The lowest BCUT2D eigenvalue weighted by molar-refractivity contribution is -0.0122. The number of likely N-dealkylation sites (N-methyl/N-ethyl adjacent to an activating group) is 1. The minimum atomic E-state index is -0.687. The van der Waals surface area contributed by atoms with Gasteiger partial charge in [0.15, 0.2) is 0 Å². The van der Waals surface area contributed by atoms with Crippen LogP contribution in [0.2, 0.25) is 0 Å². The fraction of sp³-hybridized carbons (Fsp3) is 0.368. The number of benzene rings is 2. The van der Waals surface area contributed by atoms with E-state index in [0.717, 1.165) is 18.4 Å². The van der Waals surface area contributed by atoms with Crippen molar-refractivity contribution in [2.75, 3.05) is 14.1 Å². The van der Waals surface area contributed by atoms with Crippen LogP contribution < -0.4 is 0 Å². The van der Waals surface area contributed by atoms with Gasteiger partial charge in [-0.25, -0.2) is 4.39 Å². The Hall–Kier alpha value is -1.71. The van der Waals surface area contributed by atoms with E-state index in [-0.39, 0.29) is 5.82 Å². The Morgan fingerprint density at radius 3 is 2.14 bits per heavy atom. The van der Waals surface area contributed by atoms with Gasteiger partial charge in [0.05, 0.1) is 11.6 Å². The third-order valence-corrected chi connectivity index (χ3v) is 4.55. The summed E-state index contributed by atoms with van der Waals surface area (Å²) in [6, 6.07) is 16.3. The van der Waals surface area contributed by atoms with Crippen molar-refractivity contribution in [1.82, 2.24) is 4.90 Å². The van der Waals surface area contributed by atoms with Crippen LogP contribution in [0.4, 0.5) is 4.39 Å². The Labute approximate surface area is 132 Å². The molecule has 2 unspecified atom stereocenters. The molecule has 2 aromatic carbocycles. The van der Waals surface area contributed by atoms with Crippen molar-refractivity contribution >= 4 is 0 Å². The Morgan fingerprint density at radius 1 is 1.05 bits per heavy atom. The SMILES string of the molecule is CCC(Cc1ccccc1)(C(O)c1ccc(F)cc1)N(C)C. The number of rotatable bonds is 6. The molecular weight excluding hydrogens is 277 g/mol. The van der Waals surface area contributed by atoms with Crippen molar-refractivity contribution in [3.8, 4) is 0 Å². The summed E-state index contributed by atoms with van der Waals surface area (Å²) < 4.78 is 13.1. The Kier molecular flexibility index (Phi) is 5.33. The van der Waals surface area contributed by atoms with E-state index in [9.17, 15) is 9.50 Å². The van der Waals surface area contributed by atoms with E-state index in [1.165, 1.54) is 17.7 Å². The molecule has 0 amide bonds. The molecular formula is C19H24FNO. The lowest BCUT2D eigenvalue weighted by Crippen LogP contribution is -2.50. The van der Waals surface area contributed by atoms with Crippen molar-refractivity contribution in [3.63, 3.8) is 0 Å². The van der Waals surface area contributed by atoms with Crippen molar-refractivity contribution in [2.45, 2.75) is 31.4 Å². The largest absolute Gasteiger partial charge is 0.386 e. The standard InChI is InChI=1S/C19H24FNO/c1-4-19(21(2)3,14-15-8-6-5-7-9-15)18(22)16-10-12-17(20)13-11-16/h5-13,18,22H,4,14H2,1-3H3. The molecule has 0 aliphatic heterocycles. The Balaban J connectivity index is 2.37. The number of aliphatic hydroxyl groups excluding tert-OH is 1. The van der Waals surface area contributed by atoms with E-state index >= 15 is 0 Å². The summed E-state index contributed by atoms with van der Waals surface area (Å²) in [5, 5.41) is 11.0. The average molecular weight is 301 g/mol. The zero-order chi connectivity index (χ0) is 16.2. The highest BCUT2D eigenvalue weighted by Gasteiger charge is 2.39. The number of hydrogen-bond acceptors (Lipinski definition) is 2. The molecule has 0 aromatic heterocycles. The van der Waals surface area contributed by atoms with Gasteiger partial charge in [0.2, 0.25) is 0 Å². The highest BCUT2D eigenvalue weighted by molar-refractivity contribution is 5.26. The van der Waals surface area contributed by atoms with Crippen LogP contribution in [0.3, 0.4) is 0 Å². The molecule has 0 saturated heterocycles. The molecule has 0 fully saturated rings. The fourth-order valence-corrected chi connectivity index (χ4v) is 3.04. The fourth-order valence-electron chi connectivity index (χ4n) is 3.04. The first-order valence-corrected chi connectivity index (χ1v) is 7.64. The van der Waals surface area contributed by atoms with Crippen LogP contribution >= 0.6 is 0 Å². The molecule has 0 aliphatic rings. The molecule has 2 nitrogen and oxygen atoms in total. The topological polar surface area (TPSA) is 23.5 Å². The van der Waals surface area contributed by atoms with Crippen LogP contribution in [-0.2, 0) is 6.42 Å². The third kappa shape index (κ3) is 3.37. The zero-order valence-electron chi connectivity index (χ0n) is 13.5. The highest BCUT2D eigenvalue weighted by Crippen LogP contribution is 2.36. The summed E-state index contributed by atoms with van der Waals surface area (Å²) in [7, 11) is 3.97. The molecule has 1 N–H and O–H groups in total. The molecule has 0 spiro atoms. The van der Waals surface area contributed by atoms with Gasteiger partial charge in [0, 0.05) is 0 Å². The van der Waals surface area contributed by atoms with Crippen molar-refractivity contribution in [1.29, 1.82) is 0 Å². The summed E-state index contributed by atoms with van der Waals surface area (Å²) in [5.74, 6) is -0.286. The van der Waals surface area contributed by atoms with Gasteiger partial charge in [-0.15, -0.1) is 0 Å².